The molecule has 5 rings (SSSR count). The number of sulfonamides is 1. The van der Waals surface area contributed by atoms with Crippen LogP contribution in [-0.4, -0.2) is 74.8 Å². The number of fused-ring (bicyclic) bond motifs is 1. The van der Waals surface area contributed by atoms with Crippen LogP contribution in [0, 0.1) is 23.2 Å². The lowest BCUT2D eigenvalue weighted by molar-refractivity contribution is -0.0907. The van der Waals surface area contributed by atoms with E-state index in [1.54, 1.807) is 30.3 Å². The Hall–Kier alpha value is -4.19. The predicted molar refractivity (Wildman–Crippen MR) is 177 cm³/mol. The first-order valence-electron chi connectivity index (χ1n) is 16.0. The summed E-state index contributed by atoms with van der Waals surface area (Å²) in [5.41, 5.74) is 8.38. The van der Waals surface area contributed by atoms with Gasteiger partial charge in [-0.15, -0.1) is 0 Å². The molecule has 2 aliphatic rings. The van der Waals surface area contributed by atoms with Gasteiger partial charge in [-0.2, -0.15) is 9.57 Å². The number of carbonyl (C=O) groups is 1. The van der Waals surface area contributed by atoms with Gasteiger partial charge in [-0.3, -0.25) is 0 Å². The number of rotatable bonds is 14. The van der Waals surface area contributed by atoms with Gasteiger partial charge >= 0.3 is 6.09 Å². The highest BCUT2D eigenvalue weighted by molar-refractivity contribution is 7.89. The van der Waals surface area contributed by atoms with Crippen LogP contribution >= 0.6 is 0 Å². The Morgan fingerprint density at radius 2 is 1.83 bits per heavy atom. The van der Waals surface area contributed by atoms with Crippen LogP contribution in [0.25, 0.3) is 0 Å². The molecule has 2 saturated heterocycles. The van der Waals surface area contributed by atoms with Gasteiger partial charge in [0.15, 0.2) is 6.29 Å². The van der Waals surface area contributed by atoms with E-state index in [1.165, 1.54) is 28.6 Å². The quantitative estimate of drug-likeness (QED) is 0.213. The number of carbonyl (C=O) groups excluding carboxylic acids is 1. The Morgan fingerprint density at radius 1 is 1.08 bits per heavy atom. The topological polar surface area (TPSA) is 173 Å². The number of anilines is 1. The number of ether oxygens (including phenoxy) is 4. The fraction of sp³-hybridized carbons (Fsp3) is 0.429. The zero-order valence-electron chi connectivity index (χ0n) is 27.0. The van der Waals surface area contributed by atoms with Crippen LogP contribution in [0.1, 0.15) is 37.0 Å². The van der Waals surface area contributed by atoms with Crippen molar-refractivity contribution in [2.75, 3.05) is 32.0 Å². The van der Waals surface area contributed by atoms with E-state index in [4.69, 9.17) is 29.9 Å². The standard InChI is InChI=1S/C35H42N4O8S/c1-23(2)19-39(48(42,43)29-12-8-27(37)9-13-29)20-32(40)31(38-35(41)47-33-22-46-34-30(33)14-15-44-34)17-24-6-10-28(11-7-24)45-21-26-5-3-4-25(16-26)18-36/h3-13,16,23,30-34,40H,14-15,17,19-22,37H2,1-2H3,(H,38,41)/t30?,31-,32+,33?,34?/m0/s1. The van der Waals surface area contributed by atoms with Crippen LogP contribution in [0.15, 0.2) is 77.7 Å². The highest BCUT2D eigenvalue weighted by Crippen LogP contribution is 2.33. The summed E-state index contributed by atoms with van der Waals surface area (Å²) in [5, 5.41) is 23.5. The number of benzene rings is 3. The predicted octanol–water partition coefficient (Wildman–Crippen LogP) is 3.83. The smallest absolute Gasteiger partial charge is 0.407 e. The molecule has 2 fully saturated rings. The van der Waals surface area contributed by atoms with Gasteiger partial charge in [0.05, 0.1) is 47.8 Å². The molecule has 0 radical (unpaired) electrons. The first-order chi connectivity index (χ1) is 23.0. The second-order valence-corrected chi connectivity index (χ2v) is 14.5. The second kappa shape index (κ2) is 15.8. The van der Waals surface area contributed by atoms with Crippen LogP contribution in [-0.2, 0) is 37.3 Å². The molecule has 4 N–H and O–H groups in total. The molecule has 12 nitrogen and oxygen atoms in total. The summed E-state index contributed by atoms with van der Waals surface area (Å²) < 4.78 is 51.4. The van der Waals surface area contributed by atoms with E-state index in [2.05, 4.69) is 11.4 Å². The van der Waals surface area contributed by atoms with Gasteiger partial charge in [0.2, 0.25) is 10.0 Å². The number of hydrogen-bond donors (Lipinski definition) is 3. The molecule has 0 saturated carbocycles. The number of nitrogens with zero attached hydrogens (tertiary/aromatic N) is 2. The summed E-state index contributed by atoms with van der Waals surface area (Å²) in [6.07, 6.45) is -2.05. The molecule has 0 bridgehead atoms. The molecule has 13 heteroatoms. The Kier molecular flexibility index (Phi) is 11.6. The Morgan fingerprint density at radius 3 is 2.54 bits per heavy atom. The van der Waals surface area contributed by atoms with Crippen LogP contribution in [0.5, 0.6) is 5.75 Å². The van der Waals surface area contributed by atoms with Gasteiger partial charge in [0, 0.05) is 18.8 Å². The molecular weight excluding hydrogens is 636 g/mol. The van der Waals surface area contributed by atoms with Crippen molar-refractivity contribution in [2.24, 2.45) is 11.8 Å². The maximum Gasteiger partial charge on any atom is 0.407 e. The third-order valence-corrected chi connectivity index (χ3v) is 10.2. The second-order valence-electron chi connectivity index (χ2n) is 12.5. The lowest BCUT2D eigenvalue weighted by Gasteiger charge is -2.31. The molecule has 5 atom stereocenters. The van der Waals surface area contributed by atoms with Crippen LogP contribution in [0.4, 0.5) is 10.5 Å². The highest BCUT2D eigenvalue weighted by Gasteiger charge is 2.44. The Labute approximate surface area is 281 Å². The Bertz CT molecular complexity index is 1680. The molecule has 1 amide bonds. The summed E-state index contributed by atoms with van der Waals surface area (Å²) >= 11 is 0. The summed E-state index contributed by atoms with van der Waals surface area (Å²) in [4.78, 5) is 13.3. The first kappa shape index (κ1) is 35.1. The maximum absolute atomic E-state index is 13.7. The zero-order chi connectivity index (χ0) is 34.3. The van der Waals surface area contributed by atoms with E-state index in [9.17, 15) is 18.3 Å². The van der Waals surface area contributed by atoms with E-state index < -0.39 is 40.7 Å². The van der Waals surface area contributed by atoms with Gasteiger partial charge in [0.25, 0.3) is 0 Å². The van der Waals surface area contributed by atoms with E-state index >= 15 is 0 Å². The number of nitrogen functional groups attached to an aromatic ring is 1. The lowest BCUT2D eigenvalue weighted by atomic mass is 10.0. The zero-order valence-corrected chi connectivity index (χ0v) is 27.8. The summed E-state index contributed by atoms with van der Waals surface area (Å²) in [7, 11) is -4.00. The molecule has 2 heterocycles. The van der Waals surface area contributed by atoms with E-state index in [0.29, 0.717) is 30.0 Å². The van der Waals surface area contributed by atoms with Gasteiger partial charge < -0.3 is 35.1 Å². The number of nitrogens with one attached hydrogen (secondary N) is 1. The van der Waals surface area contributed by atoms with Gasteiger partial charge in [-0.05, 0) is 78.4 Å². The fourth-order valence-electron chi connectivity index (χ4n) is 5.83. The Balaban J connectivity index is 1.31. The van der Waals surface area contributed by atoms with E-state index in [0.717, 1.165) is 11.1 Å². The van der Waals surface area contributed by atoms with Crippen molar-refractivity contribution in [3.63, 3.8) is 0 Å². The van der Waals surface area contributed by atoms with Gasteiger partial charge in [0.1, 0.15) is 18.5 Å². The van der Waals surface area contributed by atoms with Crippen molar-refractivity contribution in [1.29, 1.82) is 5.26 Å². The monoisotopic (exact) mass is 678 g/mol. The van der Waals surface area contributed by atoms with Crippen molar-refractivity contribution in [3.05, 3.63) is 89.5 Å². The molecule has 3 unspecified atom stereocenters. The third kappa shape index (κ3) is 9.03. The first-order valence-corrected chi connectivity index (χ1v) is 17.4. The molecule has 48 heavy (non-hydrogen) atoms. The molecular formula is C35H42N4O8S. The van der Waals surface area contributed by atoms with Crippen LogP contribution in [0.3, 0.4) is 0 Å². The lowest BCUT2D eigenvalue weighted by Crippen LogP contribution is -2.51. The van der Waals surface area contributed by atoms with Crippen LogP contribution < -0.4 is 15.8 Å². The molecule has 256 valence electrons. The normalized spacial score (nSPS) is 20.2. The molecule has 0 aromatic heterocycles. The number of alkyl carbamates (subject to hydrolysis) is 1. The van der Waals surface area contributed by atoms with Crippen LogP contribution in [0.2, 0.25) is 0 Å². The molecule has 0 spiro atoms. The number of nitriles is 1. The third-order valence-electron chi connectivity index (χ3n) is 8.33. The number of nitrogens with two attached hydrogens (primary N) is 1. The summed E-state index contributed by atoms with van der Waals surface area (Å²) in [5.74, 6) is 0.481. The maximum atomic E-state index is 13.7. The number of aliphatic hydroxyl groups is 1. The molecule has 2 aliphatic heterocycles. The number of amides is 1. The summed E-state index contributed by atoms with van der Waals surface area (Å²) in [6.45, 7) is 4.65. The van der Waals surface area contributed by atoms with Crippen molar-refractivity contribution in [3.8, 4) is 11.8 Å². The highest BCUT2D eigenvalue weighted by atomic mass is 32.2. The van der Waals surface area contributed by atoms with Crippen molar-refractivity contribution in [1.82, 2.24) is 9.62 Å². The van der Waals surface area contributed by atoms with Crippen molar-refractivity contribution >= 4 is 21.8 Å². The minimum Gasteiger partial charge on any atom is -0.489 e. The minimum absolute atomic E-state index is 0.0454. The van der Waals surface area contributed by atoms with Gasteiger partial charge in [-0.25, -0.2) is 13.2 Å². The molecule has 0 aliphatic carbocycles. The average Bonchev–Trinajstić information content (AvgIpc) is 3.69. The summed E-state index contributed by atoms with van der Waals surface area (Å²) in [6, 6.07) is 21.4. The van der Waals surface area contributed by atoms with Crippen molar-refractivity contribution < 1.29 is 37.3 Å². The molecule has 3 aromatic carbocycles. The largest absolute Gasteiger partial charge is 0.489 e. The minimum atomic E-state index is -4.00. The average molecular weight is 679 g/mol. The molecule has 3 aromatic rings. The van der Waals surface area contributed by atoms with Gasteiger partial charge in [-0.1, -0.05) is 38.1 Å². The van der Waals surface area contributed by atoms with E-state index in [1.807, 2.05) is 32.0 Å². The van der Waals surface area contributed by atoms with E-state index in [-0.39, 0.29) is 49.5 Å². The fourth-order valence-corrected chi connectivity index (χ4v) is 7.45. The number of aliphatic hydroxyl groups excluding tert-OH is 1. The number of hydrogen-bond acceptors (Lipinski definition) is 10. The van der Waals surface area contributed by atoms with Crippen molar-refractivity contribution in [2.45, 2.75) is 62.7 Å². The SMILES string of the molecule is CC(C)CN(C[C@@H](O)[C@H](Cc1ccc(OCc2cccc(C#N)c2)cc1)NC(=O)OC1COC2OCCC12)S(=O)(=O)c1ccc(N)cc1.